The third-order valence-corrected chi connectivity index (χ3v) is 8.15. The summed E-state index contributed by atoms with van der Waals surface area (Å²) in [4.78, 5) is 53.1. The molecule has 180 valence electrons. The van der Waals surface area contributed by atoms with Crippen molar-refractivity contribution in [3.8, 4) is 0 Å². The number of piperidine rings is 1. The lowest BCUT2D eigenvalue weighted by Crippen LogP contribution is -2.56. The summed E-state index contributed by atoms with van der Waals surface area (Å²) in [5.74, 6) is -1.19. The second kappa shape index (κ2) is 9.17. The molecule has 3 aliphatic heterocycles. The van der Waals surface area contributed by atoms with Gasteiger partial charge in [0.25, 0.3) is 0 Å². The van der Waals surface area contributed by atoms with Crippen LogP contribution in [0.2, 0.25) is 0 Å². The predicted octanol–water partition coefficient (Wildman–Crippen LogP) is 0.203. The van der Waals surface area contributed by atoms with Gasteiger partial charge in [-0.05, 0) is 42.4 Å². The van der Waals surface area contributed by atoms with Crippen LogP contribution in [0.1, 0.15) is 46.0 Å². The molecule has 3 amide bonds. The highest BCUT2D eigenvalue weighted by Crippen LogP contribution is 2.64. The van der Waals surface area contributed by atoms with Crippen molar-refractivity contribution in [1.29, 1.82) is 0 Å². The van der Waals surface area contributed by atoms with E-state index in [2.05, 4.69) is 24.5 Å². The molecule has 0 aromatic rings. The molecular weight excluding hydrogens is 436 g/mol. The number of hydrogen-bond donors (Lipinski definition) is 3. The third kappa shape index (κ3) is 4.21. The second-order valence-corrected chi connectivity index (χ2v) is 10.2. The maximum atomic E-state index is 13.4. The van der Waals surface area contributed by atoms with Crippen LogP contribution < -0.4 is 16.4 Å². The third-order valence-electron chi connectivity index (χ3n) is 8.15. The van der Waals surface area contributed by atoms with Crippen molar-refractivity contribution < 1.29 is 23.9 Å². The zero-order chi connectivity index (χ0) is 22.5. The lowest BCUT2D eigenvalue weighted by Gasteiger charge is -2.33. The SMILES string of the molecule is COC(=O)[C@@H]1C[C@@H]2C(=O)NC[C@@H]2CCCC[C@H](N)C(=O)N2C[C@H]3[C@@H]([C@H]2C(=O)N1)C3(C)C.Cl. The minimum atomic E-state index is -0.927. The molecule has 9 nitrogen and oxygen atoms in total. The Labute approximate surface area is 194 Å². The Morgan fingerprint density at radius 2 is 1.84 bits per heavy atom. The molecule has 0 aromatic carbocycles. The molecule has 4 fully saturated rings. The minimum absolute atomic E-state index is 0. The fourth-order valence-corrected chi connectivity index (χ4v) is 6.11. The molecule has 4 aliphatic rings. The van der Waals surface area contributed by atoms with E-state index >= 15 is 0 Å². The molecule has 3 saturated heterocycles. The molecule has 32 heavy (non-hydrogen) atoms. The predicted molar refractivity (Wildman–Crippen MR) is 119 cm³/mol. The van der Waals surface area contributed by atoms with Crippen molar-refractivity contribution in [2.24, 2.45) is 34.8 Å². The van der Waals surface area contributed by atoms with Gasteiger partial charge in [-0.3, -0.25) is 14.4 Å². The van der Waals surface area contributed by atoms with E-state index in [0.717, 1.165) is 19.3 Å². The van der Waals surface area contributed by atoms with Gasteiger partial charge in [0.15, 0.2) is 0 Å². The van der Waals surface area contributed by atoms with Crippen LogP contribution in [0.4, 0.5) is 0 Å². The number of carbonyl (C=O) groups is 4. The molecule has 4 N–H and O–H groups in total. The zero-order valence-electron chi connectivity index (χ0n) is 19.0. The van der Waals surface area contributed by atoms with E-state index in [1.165, 1.54) is 7.11 Å². The van der Waals surface area contributed by atoms with Crippen molar-refractivity contribution in [1.82, 2.24) is 15.5 Å². The van der Waals surface area contributed by atoms with Gasteiger partial charge >= 0.3 is 5.97 Å². The number of nitrogens with one attached hydrogen (secondary N) is 2. The summed E-state index contributed by atoms with van der Waals surface area (Å²) in [5.41, 5.74) is 6.18. The molecule has 10 heteroatoms. The number of fused-ring (bicyclic) bond motifs is 4. The van der Waals surface area contributed by atoms with Gasteiger partial charge in [0.1, 0.15) is 12.1 Å². The van der Waals surface area contributed by atoms with Crippen LogP contribution in [0, 0.1) is 29.1 Å². The Kier molecular flexibility index (Phi) is 7.10. The fraction of sp³-hybridized carbons (Fsp3) is 0.818. The van der Waals surface area contributed by atoms with Crippen LogP contribution >= 0.6 is 12.4 Å². The van der Waals surface area contributed by atoms with E-state index in [0.29, 0.717) is 19.5 Å². The maximum Gasteiger partial charge on any atom is 0.328 e. The number of carbonyl (C=O) groups excluding carboxylic acids is 4. The average molecular weight is 471 g/mol. The largest absolute Gasteiger partial charge is 0.467 e. The van der Waals surface area contributed by atoms with E-state index in [4.69, 9.17) is 10.5 Å². The van der Waals surface area contributed by atoms with Gasteiger partial charge in [-0.1, -0.05) is 26.7 Å². The molecule has 7 atom stereocenters. The average Bonchev–Trinajstić information content (AvgIpc) is 3.07. The molecule has 0 bridgehead atoms. The van der Waals surface area contributed by atoms with Crippen LogP contribution in [-0.4, -0.2) is 66.9 Å². The Morgan fingerprint density at radius 1 is 1.16 bits per heavy atom. The first-order valence-corrected chi connectivity index (χ1v) is 11.4. The Hall–Kier alpha value is -1.87. The van der Waals surface area contributed by atoms with Gasteiger partial charge in [-0.15, -0.1) is 12.4 Å². The molecular formula is C22H35ClN4O5. The van der Waals surface area contributed by atoms with Gasteiger partial charge < -0.3 is 26.0 Å². The van der Waals surface area contributed by atoms with Gasteiger partial charge in [-0.2, -0.15) is 0 Å². The monoisotopic (exact) mass is 470 g/mol. The summed E-state index contributed by atoms with van der Waals surface area (Å²) in [6.45, 7) is 5.28. The number of ether oxygens (including phenoxy) is 1. The highest BCUT2D eigenvalue weighted by molar-refractivity contribution is 5.94. The van der Waals surface area contributed by atoms with Gasteiger partial charge in [-0.25, -0.2) is 4.79 Å². The minimum Gasteiger partial charge on any atom is -0.467 e. The summed E-state index contributed by atoms with van der Waals surface area (Å²) >= 11 is 0. The van der Waals surface area contributed by atoms with Crippen molar-refractivity contribution >= 4 is 36.1 Å². The lowest BCUT2D eigenvalue weighted by molar-refractivity contribution is -0.148. The summed E-state index contributed by atoms with van der Waals surface area (Å²) in [6, 6.07) is -2.22. The van der Waals surface area contributed by atoms with Gasteiger partial charge in [0.2, 0.25) is 17.7 Å². The zero-order valence-corrected chi connectivity index (χ0v) is 19.8. The number of esters is 1. The van der Waals surface area contributed by atoms with E-state index in [1.54, 1.807) is 4.90 Å². The van der Waals surface area contributed by atoms with E-state index in [-0.39, 0.29) is 65.6 Å². The van der Waals surface area contributed by atoms with Crippen molar-refractivity contribution in [3.05, 3.63) is 0 Å². The fourth-order valence-electron chi connectivity index (χ4n) is 6.11. The molecule has 0 spiro atoms. The summed E-state index contributed by atoms with van der Waals surface area (Å²) in [7, 11) is 1.27. The van der Waals surface area contributed by atoms with Crippen molar-refractivity contribution in [2.45, 2.75) is 64.1 Å². The first kappa shape index (κ1) is 24.8. The molecule has 4 rings (SSSR count). The quantitative estimate of drug-likeness (QED) is 0.469. The van der Waals surface area contributed by atoms with E-state index < -0.39 is 24.1 Å². The van der Waals surface area contributed by atoms with Crippen LogP contribution in [0.15, 0.2) is 0 Å². The standard InChI is InChI=1S/C22H34N4O5.ClH/c1-22(2)13-10-26-17(16(13)22)19(28)25-15(21(30)31-3)8-12-11(9-24-18(12)27)6-4-5-7-14(23)20(26)29;/h11-17H,4-10,23H2,1-3H3,(H,24,27)(H,25,28);1H/t11-,12-,13-,14-,15-,16-,17-;/m0./s1. The van der Waals surface area contributed by atoms with Crippen LogP contribution in [-0.2, 0) is 23.9 Å². The number of hydrogen-bond acceptors (Lipinski definition) is 6. The first-order chi connectivity index (χ1) is 14.7. The highest BCUT2D eigenvalue weighted by Gasteiger charge is 2.69. The molecule has 0 radical (unpaired) electrons. The Morgan fingerprint density at radius 3 is 2.53 bits per heavy atom. The van der Waals surface area contributed by atoms with Crippen molar-refractivity contribution in [3.63, 3.8) is 0 Å². The molecule has 1 saturated carbocycles. The number of halogens is 1. The van der Waals surface area contributed by atoms with Crippen LogP contribution in [0.25, 0.3) is 0 Å². The molecule has 1 aliphatic carbocycles. The van der Waals surface area contributed by atoms with E-state index in [9.17, 15) is 19.2 Å². The number of nitrogens with zero attached hydrogens (tertiary/aromatic N) is 1. The second-order valence-electron chi connectivity index (χ2n) is 10.2. The van der Waals surface area contributed by atoms with Gasteiger partial charge in [0.05, 0.1) is 13.2 Å². The highest BCUT2D eigenvalue weighted by atomic mass is 35.5. The maximum absolute atomic E-state index is 13.4. The molecule has 0 aromatic heterocycles. The number of nitrogens with two attached hydrogens (primary N) is 1. The summed E-state index contributed by atoms with van der Waals surface area (Å²) < 4.78 is 4.93. The molecule has 0 unspecified atom stereocenters. The van der Waals surface area contributed by atoms with Crippen LogP contribution in [0.3, 0.4) is 0 Å². The summed E-state index contributed by atoms with van der Waals surface area (Å²) in [6.07, 6.45) is 3.21. The Balaban J connectivity index is 0.00000289. The smallest absolute Gasteiger partial charge is 0.328 e. The lowest BCUT2D eigenvalue weighted by atomic mass is 9.85. The topological polar surface area (TPSA) is 131 Å². The first-order valence-electron chi connectivity index (χ1n) is 11.4. The van der Waals surface area contributed by atoms with E-state index in [1.807, 2.05) is 0 Å². The van der Waals surface area contributed by atoms with Crippen LogP contribution in [0.5, 0.6) is 0 Å². The summed E-state index contributed by atoms with van der Waals surface area (Å²) in [5, 5.41) is 5.72. The van der Waals surface area contributed by atoms with Gasteiger partial charge in [0, 0.05) is 19.0 Å². The Bertz CT molecular complexity index is 790. The molecule has 3 heterocycles. The normalized spacial score (nSPS) is 38.8. The number of rotatable bonds is 1. The number of amides is 3. The van der Waals surface area contributed by atoms with Crippen molar-refractivity contribution in [2.75, 3.05) is 20.2 Å². The number of methoxy groups -OCH3 is 1.